The number of aryl methyl sites for hydroxylation is 3. The van der Waals surface area contributed by atoms with Gasteiger partial charge in [0.1, 0.15) is 6.54 Å². The molecule has 7 nitrogen and oxygen atoms in total. The van der Waals surface area contributed by atoms with E-state index >= 15 is 0 Å². The van der Waals surface area contributed by atoms with Crippen molar-refractivity contribution < 1.29 is 13.2 Å². The second kappa shape index (κ2) is 11.2. The van der Waals surface area contributed by atoms with Crippen molar-refractivity contribution >= 4 is 39.4 Å². The molecule has 0 saturated heterocycles. The monoisotopic (exact) mass is 548 g/mol. The summed E-state index contributed by atoms with van der Waals surface area (Å²) < 4.78 is 30.2. The third-order valence-corrected chi connectivity index (χ3v) is 8.22. The van der Waals surface area contributed by atoms with Crippen LogP contribution in [0.15, 0.2) is 88.9 Å². The van der Waals surface area contributed by atoms with Crippen molar-refractivity contribution in [2.75, 3.05) is 10.8 Å². The molecule has 0 unspecified atom stereocenters. The number of sulfonamides is 1. The van der Waals surface area contributed by atoms with Crippen LogP contribution >= 0.6 is 11.6 Å². The van der Waals surface area contributed by atoms with Gasteiger partial charge in [0.15, 0.2) is 0 Å². The smallest absolute Gasteiger partial charge is 0.264 e. The predicted molar refractivity (Wildman–Crippen MR) is 153 cm³/mol. The molecule has 1 N–H and O–H groups in total. The fourth-order valence-corrected chi connectivity index (χ4v) is 5.88. The first kappa shape index (κ1) is 27.2. The third-order valence-electron chi connectivity index (χ3n) is 6.21. The Morgan fingerprint density at radius 2 is 1.66 bits per heavy atom. The van der Waals surface area contributed by atoms with E-state index in [1.165, 1.54) is 23.8 Å². The molecule has 4 aromatic rings. The first-order valence-electron chi connectivity index (χ1n) is 12.0. The largest absolute Gasteiger partial charge is 0.318 e. The van der Waals surface area contributed by atoms with E-state index < -0.39 is 22.5 Å². The zero-order valence-corrected chi connectivity index (χ0v) is 23.2. The lowest BCUT2D eigenvalue weighted by Gasteiger charge is -2.25. The topological polar surface area (TPSA) is 83.8 Å². The molecule has 0 aliphatic heterocycles. The fraction of sp³-hybridized carbons (Fsp3) is 0.172. The maximum Gasteiger partial charge on any atom is 0.264 e. The quantitative estimate of drug-likeness (QED) is 0.226. The molecule has 3 aromatic carbocycles. The van der Waals surface area contributed by atoms with Crippen molar-refractivity contribution in [2.24, 2.45) is 5.10 Å². The number of hydrogen-bond donors (Lipinski definition) is 1. The molecule has 38 heavy (non-hydrogen) atoms. The molecule has 1 aromatic heterocycles. The highest BCUT2D eigenvalue weighted by molar-refractivity contribution is 7.92. The Morgan fingerprint density at radius 1 is 0.974 bits per heavy atom. The Hall–Kier alpha value is -3.88. The van der Waals surface area contributed by atoms with Gasteiger partial charge in [0.2, 0.25) is 0 Å². The zero-order chi connectivity index (χ0) is 27.4. The van der Waals surface area contributed by atoms with E-state index in [4.69, 9.17) is 11.6 Å². The number of carbonyl (C=O) groups excluding carboxylic acids is 1. The zero-order valence-electron chi connectivity index (χ0n) is 21.6. The van der Waals surface area contributed by atoms with E-state index in [1.807, 2.05) is 26.8 Å². The molecule has 1 heterocycles. The van der Waals surface area contributed by atoms with Crippen LogP contribution in [0.2, 0.25) is 5.02 Å². The van der Waals surface area contributed by atoms with Crippen LogP contribution in [0.3, 0.4) is 0 Å². The highest BCUT2D eigenvalue weighted by Crippen LogP contribution is 2.29. The van der Waals surface area contributed by atoms with Crippen molar-refractivity contribution in [2.45, 2.75) is 32.6 Å². The molecule has 9 heteroatoms. The molecule has 0 atom stereocenters. The molecular weight excluding hydrogens is 520 g/mol. The predicted octanol–water partition coefficient (Wildman–Crippen LogP) is 5.71. The first-order valence-corrected chi connectivity index (χ1v) is 13.8. The summed E-state index contributed by atoms with van der Waals surface area (Å²) in [5.41, 5.74) is 8.49. The summed E-state index contributed by atoms with van der Waals surface area (Å²) in [7, 11) is -4.05. The average molecular weight is 549 g/mol. The molecule has 0 saturated carbocycles. The van der Waals surface area contributed by atoms with Crippen LogP contribution in [0.1, 0.15) is 28.1 Å². The number of amides is 1. The molecule has 1 amide bonds. The van der Waals surface area contributed by atoms with E-state index in [-0.39, 0.29) is 4.90 Å². The summed E-state index contributed by atoms with van der Waals surface area (Å²) in [6, 6.07) is 23.1. The van der Waals surface area contributed by atoms with Gasteiger partial charge in [0.05, 0.1) is 16.8 Å². The summed E-state index contributed by atoms with van der Waals surface area (Å²) in [4.78, 5) is 13.0. The molecule has 4 rings (SSSR count). The maximum atomic E-state index is 13.5. The van der Waals surface area contributed by atoms with Gasteiger partial charge in [-0.05, 0) is 75.7 Å². The number of nitrogens with one attached hydrogen (secondary N) is 1. The minimum absolute atomic E-state index is 0.0687. The van der Waals surface area contributed by atoms with Gasteiger partial charge in [0.25, 0.3) is 15.9 Å². The molecule has 0 fully saturated rings. The van der Waals surface area contributed by atoms with E-state index in [9.17, 15) is 13.2 Å². The molecule has 0 aliphatic rings. The number of nitrogens with zero attached hydrogens (tertiary/aromatic N) is 3. The molecule has 0 radical (unpaired) electrons. The normalized spacial score (nSPS) is 11.6. The summed E-state index contributed by atoms with van der Waals surface area (Å²) in [5.74, 6) is -0.590. The van der Waals surface area contributed by atoms with Gasteiger partial charge in [-0.3, -0.25) is 9.10 Å². The number of anilines is 1. The fourth-order valence-electron chi connectivity index (χ4n) is 4.22. The van der Waals surface area contributed by atoms with Crippen LogP contribution in [0.5, 0.6) is 0 Å². The minimum Gasteiger partial charge on any atom is -0.318 e. The van der Waals surface area contributed by atoms with Crippen molar-refractivity contribution in [3.05, 3.63) is 112 Å². The lowest BCUT2D eigenvalue weighted by Crippen LogP contribution is -2.40. The number of hydrogen-bond acceptors (Lipinski definition) is 4. The Labute approximate surface area is 228 Å². The minimum atomic E-state index is -4.05. The van der Waals surface area contributed by atoms with E-state index in [0.717, 1.165) is 26.9 Å². The standard InChI is InChI=1S/C29H29ClN4O3S/c1-20-10-14-26(15-11-20)34-22(3)16-24(23(34)4)18-31-32-29(35)19-33(28-17-25(30)13-12-21(28)2)38(36,37)27-8-6-5-7-9-27/h5-18H,19H2,1-4H3,(H,32,35)/b31-18-. The summed E-state index contributed by atoms with van der Waals surface area (Å²) in [6.45, 7) is 7.31. The van der Waals surface area contributed by atoms with Crippen LogP contribution in [-0.2, 0) is 14.8 Å². The van der Waals surface area contributed by atoms with Gasteiger partial charge in [-0.1, -0.05) is 53.6 Å². The lowest BCUT2D eigenvalue weighted by atomic mass is 10.2. The Kier molecular flexibility index (Phi) is 8.04. The number of halogens is 1. The van der Waals surface area contributed by atoms with E-state index in [1.54, 1.807) is 43.5 Å². The van der Waals surface area contributed by atoms with Gasteiger partial charge in [-0.25, -0.2) is 13.8 Å². The molecule has 0 bridgehead atoms. The van der Waals surface area contributed by atoms with Gasteiger partial charge < -0.3 is 4.57 Å². The maximum absolute atomic E-state index is 13.5. The first-order chi connectivity index (χ1) is 18.1. The highest BCUT2D eigenvalue weighted by atomic mass is 35.5. The van der Waals surface area contributed by atoms with Crippen molar-refractivity contribution in [1.29, 1.82) is 0 Å². The van der Waals surface area contributed by atoms with Crippen LogP contribution in [0.4, 0.5) is 5.69 Å². The molecule has 196 valence electrons. The van der Waals surface area contributed by atoms with Crippen molar-refractivity contribution in [3.63, 3.8) is 0 Å². The summed E-state index contributed by atoms with van der Waals surface area (Å²) >= 11 is 6.18. The number of aromatic nitrogens is 1. The lowest BCUT2D eigenvalue weighted by molar-refractivity contribution is -0.119. The van der Waals surface area contributed by atoms with Gasteiger partial charge in [-0.2, -0.15) is 5.10 Å². The van der Waals surface area contributed by atoms with Crippen LogP contribution < -0.4 is 9.73 Å². The SMILES string of the molecule is Cc1ccc(-n2c(C)cc(/C=N\NC(=O)CN(c3cc(Cl)ccc3C)S(=O)(=O)c3ccccc3)c2C)cc1. The van der Waals surface area contributed by atoms with Crippen molar-refractivity contribution in [1.82, 2.24) is 9.99 Å². The molecule has 0 aliphatic carbocycles. The van der Waals surface area contributed by atoms with E-state index in [2.05, 4.69) is 39.4 Å². The number of rotatable bonds is 8. The molecule has 0 spiro atoms. The summed E-state index contributed by atoms with van der Waals surface area (Å²) in [6.07, 6.45) is 1.56. The number of carbonyl (C=O) groups is 1. The van der Waals surface area contributed by atoms with Crippen molar-refractivity contribution in [3.8, 4) is 5.69 Å². The highest BCUT2D eigenvalue weighted by Gasteiger charge is 2.28. The number of hydrazone groups is 1. The van der Waals surface area contributed by atoms with Crippen LogP contribution in [0.25, 0.3) is 5.69 Å². The molecular formula is C29H29ClN4O3S. The van der Waals surface area contributed by atoms with Crippen LogP contribution in [-0.4, -0.2) is 31.7 Å². The van der Waals surface area contributed by atoms with E-state index in [0.29, 0.717) is 16.3 Å². The number of benzene rings is 3. The van der Waals surface area contributed by atoms with Gasteiger partial charge in [-0.15, -0.1) is 0 Å². The Morgan fingerprint density at radius 3 is 2.34 bits per heavy atom. The van der Waals surface area contributed by atoms with Gasteiger partial charge >= 0.3 is 0 Å². The average Bonchev–Trinajstić information content (AvgIpc) is 3.17. The Balaban J connectivity index is 1.57. The summed E-state index contributed by atoms with van der Waals surface area (Å²) in [5, 5.41) is 4.48. The van der Waals surface area contributed by atoms with Gasteiger partial charge in [0, 0.05) is 27.7 Å². The third kappa shape index (κ3) is 5.82. The van der Waals surface area contributed by atoms with Crippen LogP contribution in [0, 0.1) is 27.7 Å². The second-order valence-electron chi connectivity index (χ2n) is 9.05. The Bertz CT molecular complexity index is 1600. The second-order valence-corrected chi connectivity index (χ2v) is 11.3.